The maximum absolute atomic E-state index is 14.0. The van der Waals surface area contributed by atoms with Crippen molar-refractivity contribution in [2.24, 2.45) is 5.41 Å². The third-order valence-electron chi connectivity index (χ3n) is 12.6. The molecule has 2 fully saturated rings. The summed E-state index contributed by atoms with van der Waals surface area (Å²) in [6.45, 7) is 13.2. The summed E-state index contributed by atoms with van der Waals surface area (Å²) in [5.41, 5.74) is 7.84. The van der Waals surface area contributed by atoms with Crippen molar-refractivity contribution in [2.75, 3.05) is 80.6 Å². The first-order chi connectivity index (χ1) is 30.1. The normalized spacial score (nSPS) is 18.4. The van der Waals surface area contributed by atoms with Crippen molar-refractivity contribution in [1.29, 1.82) is 0 Å². The number of rotatable bonds is 14. The second-order valence-electron chi connectivity index (χ2n) is 17.9. The van der Waals surface area contributed by atoms with E-state index in [2.05, 4.69) is 55.7 Å². The van der Waals surface area contributed by atoms with Crippen molar-refractivity contribution in [3.05, 3.63) is 118 Å². The number of sulfonamides is 1. The van der Waals surface area contributed by atoms with Gasteiger partial charge >= 0.3 is 0 Å². The molecule has 3 N–H and O–H groups in total. The van der Waals surface area contributed by atoms with Crippen LogP contribution in [0.5, 0.6) is 11.5 Å². The van der Waals surface area contributed by atoms with E-state index in [-0.39, 0.29) is 33.1 Å². The SMILES string of the molecule is Cc1cc(S(=O)(=O)NC(=O)c2ccc(N3CCN(CC4=C(c5ccc(Cl)cc5)CC(C)(C)CC4)CC3)cc2Oc2ccc3[nH]ccc3c2)ccc1NCCCN1CCS(=O)(=O)CC1. The van der Waals surface area contributed by atoms with Gasteiger partial charge in [-0.1, -0.05) is 43.2 Å². The topological polar surface area (TPSA) is 144 Å². The Morgan fingerprint density at radius 1 is 0.889 bits per heavy atom. The van der Waals surface area contributed by atoms with Crippen LogP contribution in [0.25, 0.3) is 16.5 Å². The van der Waals surface area contributed by atoms with Crippen LogP contribution in [-0.2, 0) is 19.9 Å². The Balaban J connectivity index is 0.948. The van der Waals surface area contributed by atoms with E-state index in [1.54, 1.807) is 18.2 Å². The number of amides is 1. The quantitative estimate of drug-likeness (QED) is 0.0931. The van der Waals surface area contributed by atoms with Gasteiger partial charge in [-0.3, -0.25) is 9.69 Å². The van der Waals surface area contributed by atoms with E-state index < -0.39 is 25.8 Å². The van der Waals surface area contributed by atoms with Crippen molar-refractivity contribution < 1.29 is 26.4 Å². The zero-order valence-corrected chi connectivity index (χ0v) is 38.6. The molecular formula is C48H57ClN6O6S2. The molecule has 0 saturated carbocycles. The third kappa shape index (κ3) is 11.1. The van der Waals surface area contributed by atoms with Crippen LogP contribution in [0, 0.1) is 12.3 Å². The highest BCUT2D eigenvalue weighted by atomic mass is 35.5. The number of anilines is 2. The molecule has 5 aromatic rings. The van der Waals surface area contributed by atoms with E-state index in [1.807, 2.05) is 61.7 Å². The van der Waals surface area contributed by atoms with Crippen LogP contribution in [0.1, 0.15) is 61.0 Å². The molecule has 63 heavy (non-hydrogen) atoms. The summed E-state index contributed by atoms with van der Waals surface area (Å²) in [7, 11) is -7.18. The monoisotopic (exact) mass is 912 g/mol. The van der Waals surface area contributed by atoms with E-state index in [1.165, 1.54) is 22.8 Å². The molecule has 3 aliphatic rings. The molecule has 0 atom stereocenters. The summed E-state index contributed by atoms with van der Waals surface area (Å²) in [5.74, 6) is 0.362. The number of fused-ring (bicyclic) bond motifs is 1. The van der Waals surface area contributed by atoms with Crippen LogP contribution in [0.2, 0.25) is 5.02 Å². The molecule has 334 valence electrons. The van der Waals surface area contributed by atoms with Gasteiger partial charge in [0.25, 0.3) is 15.9 Å². The van der Waals surface area contributed by atoms with E-state index in [4.69, 9.17) is 16.3 Å². The van der Waals surface area contributed by atoms with Crippen LogP contribution in [0.4, 0.5) is 11.4 Å². The van der Waals surface area contributed by atoms with Crippen molar-refractivity contribution in [2.45, 2.75) is 51.3 Å². The fourth-order valence-corrected chi connectivity index (χ4v) is 11.3. The maximum Gasteiger partial charge on any atom is 0.268 e. The number of piperazine rings is 1. The number of nitrogens with zero attached hydrogens (tertiary/aromatic N) is 3. The highest BCUT2D eigenvalue weighted by Crippen LogP contribution is 2.43. The molecule has 3 heterocycles. The van der Waals surface area contributed by atoms with Crippen LogP contribution in [0.15, 0.2) is 102 Å². The van der Waals surface area contributed by atoms with Gasteiger partial charge in [0.15, 0.2) is 9.84 Å². The number of H-pyrrole nitrogens is 1. The van der Waals surface area contributed by atoms with Gasteiger partial charge in [-0.15, -0.1) is 0 Å². The number of hydrogen-bond acceptors (Lipinski definition) is 10. The first-order valence-electron chi connectivity index (χ1n) is 21.8. The highest BCUT2D eigenvalue weighted by molar-refractivity contribution is 7.91. The molecule has 0 bridgehead atoms. The van der Waals surface area contributed by atoms with Crippen LogP contribution >= 0.6 is 11.6 Å². The lowest BCUT2D eigenvalue weighted by molar-refractivity contribution is 0.0979. The molecule has 0 unspecified atom stereocenters. The molecule has 1 aliphatic carbocycles. The van der Waals surface area contributed by atoms with Gasteiger partial charge in [0.1, 0.15) is 11.5 Å². The third-order valence-corrected chi connectivity index (χ3v) is 15.8. The second kappa shape index (κ2) is 18.7. The van der Waals surface area contributed by atoms with Crippen LogP contribution in [0.3, 0.4) is 0 Å². The molecular weight excluding hydrogens is 856 g/mol. The summed E-state index contributed by atoms with van der Waals surface area (Å²) < 4.78 is 59.6. The van der Waals surface area contributed by atoms with Gasteiger partial charge in [0, 0.05) is 91.9 Å². The molecule has 4 aromatic carbocycles. The predicted molar refractivity (Wildman–Crippen MR) is 254 cm³/mol. The number of carbonyl (C=O) groups excluding carboxylic acids is 1. The number of allylic oxidation sites excluding steroid dienone is 1. The van der Waals surface area contributed by atoms with Gasteiger partial charge < -0.3 is 24.8 Å². The zero-order chi connectivity index (χ0) is 44.4. The summed E-state index contributed by atoms with van der Waals surface area (Å²) in [6, 6.07) is 25.9. The van der Waals surface area contributed by atoms with Gasteiger partial charge in [-0.25, -0.2) is 21.6 Å². The smallest absolute Gasteiger partial charge is 0.268 e. The van der Waals surface area contributed by atoms with Gasteiger partial charge in [0.2, 0.25) is 0 Å². The lowest BCUT2D eigenvalue weighted by Gasteiger charge is -2.39. The fourth-order valence-electron chi connectivity index (χ4n) is 8.84. The summed E-state index contributed by atoms with van der Waals surface area (Å²) in [4.78, 5) is 24.1. The molecule has 12 nitrogen and oxygen atoms in total. The summed E-state index contributed by atoms with van der Waals surface area (Å²) in [6.07, 6.45) is 5.91. The van der Waals surface area contributed by atoms with Crippen molar-refractivity contribution >= 4 is 65.2 Å². The Bertz CT molecular complexity index is 2710. The van der Waals surface area contributed by atoms with E-state index in [0.717, 1.165) is 92.3 Å². The number of nitrogens with one attached hydrogen (secondary N) is 3. The predicted octanol–water partition coefficient (Wildman–Crippen LogP) is 8.36. The largest absolute Gasteiger partial charge is 0.456 e. The summed E-state index contributed by atoms with van der Waals surface area (Å²) in [5, 5.41) is 5.05. The average Bonchev–Trinajstić information content (AvgIpc) is 3.72. The Kier molecular flexibility index (Phi) is 13.3. The average molecular weight is 914 g/mol. The minimum Gasteiger partial charge on any atom is -0.456 e. The Hall–Kier alpha value is -4.86. The Morgan fingerprint density at radius 3 is 2.40 bits per heavy atom. The van der Waals surface area contributed by atoms with Crippen molar-refractivity contribution in [3.63, 3.8) is 0 Å². The number of aromatic amines is 1. The number of ether oxygens (including phenoxy) is 1. The number of aromatic nitrogens is 1. The molecule has 2 aliphatic heterocycles. The highest BCUT2D eigenvalue weighted by Gasteiger charge is 2.30. The molecule has 15 heteroatoms. The molecule has 8 rings (SSSR count). The molecule has 0 spiro atoms. The number of aryl methyl sites for hydroxylation is 1. The van der Waals surface area contributed by atoms with E-state index >= 15 is 0 Å². The second-order valence-corrected chi connectivity index (χ2v) is 22.3. The molecule has 2 saturated heterocycles. The number of benzene rings is 4. The number of halogens is 1. The van der Waals surface area contributed by atoms with E-state index in [9.17, 15) is 21.6 Å². The van der Waals surface area contributed by atoms with Crippen molar-refractivity contribution in [1.82, 2.24) is 19.5 Å². The van der Waals surface area contributed by atoms with Crippen molar-refractivity contribution in [3.8, 4) is 11.5 Å². The standard InChI is InChI=1S/C48H57ClN6O6S2/c1-34-29-41(11-14-44(34)50-18-4-20-53-25-27-62(57,58)28-26-53)63(59,60)52-47(56)42-12-9-39(31-46(42)61-40-10-13-45-36(30-40)16-19-51-45)55-23-21-54(22-24-55)33-37-15-17-48(2,3)32-43(37)35-5-7-38(49)8-6-35/h5-14,16,19,29-31,50-51H,4,15,17-18,20-28,32-33H2,1-3H3,(H,52,56). The number of sulfone groups is 1. The van der Waals surface area contributed by atoms with Crippen LogP contribution < -0.4 is 19.7 Å². The zero-order valence-electron chi connectivity index (χ0n) is 36.3. The molecule has 1 aromatic heterocycles. The van der Waals surface area contributed by atoms with Gasteiger partial charge in [-0.05, 0) is 128 Å². The molecule has 0 radical (unpaired) electrons. The lowest BCUT2D eigenvalue weighted by atomic mass is 9.72. The maximum atomic E-state index is 14.0. The number of hydrogen-bond donors (Lipinski definition) is 3. The van der Waals surface area contributed by atoms with Crippen LogP contribution in [-0.4, -0.2) is 108 Å². The van der Waals surface area contributed by atoms with Gasteiger partial charge in [0.05, 0.1) is 22.0 Å². The fraction of sp³-hybridized carbons (Fsp3) is 0.396. The minimum atomic E-state index is -4.25. The molecule has 1 amide bonds. The minimum absolute atomic E-state index is 0.0312. The van der Waals surface area contributed by atoms with Gasteiger partial charge in [-0.2, -0.15) is 0 Å². The van der Waals surface area contributed by atoms with E-state index in [0.29, 0.717) is 30.9 Å². The first-order valence-corrected chi connectivity index (χ1v) is 25.5. The summed E-state index contributed by atoms with van der Waals surface area (Å²) >= 11 is 6.25. The Morgan fingerprint density at radius 2 is 1.65 bits per heavy atom. The first kappa shape index (κ1) is 44.7. The Labute approximate surface area is 376 Å². The number of carbonyl (C=O) groups is 1. The lowest BCUT2D eigenvalue weighted by Crippen LogP contribution is -2.47.